The van der Waals surface area contributed by atoms with Gasteiger partial charge >= 0.3 is 25.7 Å². The van der Waals surface area contributed by atoms with E-state index in [-0.39, 0.29) is 62.9 Å². The first-order valence-corrected chi connectivity index (χ1v) is 30.1. The summed E-state index contributed by atoms with van der Waals surface area (Å²) in [6, 6.07) is 15.4. The zero-order valence-electron chi connectivity index (χ0n) is 47.5. The number of rotatable bonds is 18. The summed E-state index contributed by atoms with van der Waals surface area (Å²) in [5, 5.41) is 19.8. The first kappa shape index (κ1) is 75.0. The van der Waals surface area contributed by atoms with Crippen LogP contribution in [0.1, 0.15) is 82.6 Å². The number of hydrogen-bond donors (Lipinski definition) is 6. The maximum absolute atomic E-state index is 14.3. The zero-order valence-corrected chi connectivity index (χ0v) is 53.8. The third-order valence-corrected chi connectivity index (χ3v) is 13.2. The number of carbonyl (C=O) groups is 4. The Bertz CT molecular complexity index is 3040. The van der Waals surface area contributed by atoms with Crippen molar-refractivity contribution in [2.75, 3.05) is 66.0 Å². The van der Waals surface area contributed by atoms with Crippen LogP contribution < -0.4 is 30.5 Å². The van der Waals surface area contributed by atoms with Crippen molar-refractivity contribution in [3.05, 3.63) is 97.6 Å². The molecular weight excluding hydrogens is 1300 g/mol. The number of anilines is 4. The van der Waals surface area contributed by atoms with Crippen LogP contribution in [0.15, 0.2) is 59.1 Å². The average molecular weight is 1370 g/mol. The molecule has 0 bridgehead atoms. The number of nitrogens with one attached hydrogen (secondary N) is 3. The number of methoxy groups -OCH3 is 1. The second-order valence-corrected chi connectivity index (χ2v) is 22.9. The molecule has 6 rings (SSSR count). The summed E-state index contributed by atoms with van der Waals surface area (Å²) >= 11 is 31.4. The number of carboxylic acid groups (broad SMARTS) is 1. The predicted molar refractivity (Wildman–Crippen MR) is 322 cm³/mol. The lowest BCUT2D eigenvalue weighted by Gasteiger charge is -2.35. The maximum atomic E-state index is 14.3. The van der Waals surface area contributed by atoms with E-state index in [4.69, 9.17) is 87.1 Å². The van der Waals surface area contributed by atoms with E-state index in [1.165, 1.54) is 0 Å². The Morgan fingerprint density at radius 1 is 0.988 bits per heavy atom. The molecule has 2 aromatic heterocycles. The number of alkyl halides is 6. The van der Waals surface area contributed by atoms with Gasteiger partial charge in [0.05, 0.1) is 64.1 Å². The Kier molecular flexibility index (Phi) is 31.7. The Hall–Kier alpha value is -5.12. The van der Waals surface area contributed by atoms with E-state index in [9.17, 15) is 41.3 Å². The van der Waals surface area contributed by atoms with Crippen LogP contribution in [0.2, 0.25) is 10.3 Å². The topological polar surface area (TPSA) is 273 Å². The minimum atomic E-state index is -4.69. The molecule has 0 aliphatic carbocycles. The molecule has 84 heavy (non-hydrogen) atoms. The molecule has 5 aromatic rings. The van der Waals surface area contributed by atoms with Crippen molar-refractivity contribution in [2.45, 2.75) is 104 Å². The summed E-state index contributed by atoms with van der Waals surface area (Å²) < 4.78 is 79.4. The Balaban J connectivity index is 0.000000370. The van der Waals surface area contributed by atoms with Crippen molar-refractivity contribution < 1.29 is 70.4 Å². The van der Waals surface area contributed by atoms with Crippen molar-refractivity contribution in [2.24, 2.45) is 7.05 Å². The summed E-state index contributed by atoms with van der Waals surface area (Å²) in [5.41, 5.74) is 2.07. The minimum absolute atomic E-state index is 0.0223. The quantitative estimate of drug-likeness (QED) is 0.0206. The van der Waals surface area contributed by atoms with Crippen LogP contribution in [0.5, 0.6) is 5.75 Å². The average Bonchev–Trinajstić information content (AvgIpc) is 3.52. The monoisotopic (exact) mass is 1370 g/mol. The predicted octanol–water partition coefficient (Wildman–Crippen LogP) is 11.6. The number of esters is 1. The lowest BCUT2D eigenvalue weighted by molar-refractivity contribution is -0.144. The number of aryl methyl sites for hydroxylation is 3. The van der Waals surface area contributed by atoms with Crippen molar-refractivity contribution in [1.82, 2.24) is 30.0 Å². The molecule has 466 valence electrons. The normalized spacial score (nSPS) is 13.1. The molecule has 32 heteroatoms. The zero-order chi connectivity index (χ0) is 64.0. The van der Waals surface area contributed by atoms with Gasteiger partial charge in [0, 0.05) is 32.3 Å². The molecule has 0 fully saturated rings. The van der Waals surface area contributed by atoms with Crippen LogP contribution in [-0.2, 0) is 48.1 Å². The van der Waals surface area contributed by atoms with Crippen LogP contribution >= 0.6 is 81.5 Å². The third kappa shape index (κ3) is 24.0. The van der Waals surface area contributed by atoms with Gasteiger partial charge in [-0.2, -0.15) is 33.2 Å². The number of ether oxygens (including phenoxy) is 3. The van der Waals surface area contributed by atoms with E-state index in [2.05, 4.69) is 64.9 Å². The standard InChI is InChI=1S/C15H12BrClF4N2O2.C15H22ClNO2.C11H11Cl2NO2.C8H14ClN5.C3H8NO5P/c1-6(2)25-14(24)7-4-8(10(18)5-9(7)17)12-11(16)13(15(19,20)21)23(3)22-12;1-5-13-8-6-7-11(2)15(13)17(14(18)9-16)12(3)10-19-4;1-7-6-16-9-5-3-2-4-8(9)14(7)11(15)10(12)13;1-4-10-7-12-6(9)13-8(14-7)11-5(2)3;5-3(6)1-4-2-10(7,8)9/h4-6H,1-3H3;6-8,12H,5,9-10H2,1-4H3;2-5,7,10H,6H2,1H3;5H,4H2,1-3H3,(H2,10,11,12,13,14);4H,1-2H2,(H,5,6)(H2,7,8,9). The summed E-state index contributed by atoms with van der Waals surface area (Å²) in [5.74, 6) is -1.63. The second kappa shape index (κ2) is 35.5. The number of aromatic nitrogens is 5. The van der Waals surface area contributed by atoms with Crippen LogP contribution in [0.3, 0.4) is 0 Å². The molecule has 0 saturated heterocycles. The van der Waals surface area contributed by atoms with Gasteiger partial charge < -0.3 is 49.5 Å². The highest BCUT2D eigenvalue weighted by molar-refractivity contribution is 9.10. The first-order chi connectivity index (χ1) is 39.1. The molecule has 21 nitrogen and oxygen atoms in total. The van der Waals surface area contributed by atoms with Crippen LogP contribution in [-0.4, -0.2) is 138 Å². The van der Waals surface area contributed by atoms with Gasteiger partial charge in [-0.1, -0.05) is 72.1 Å². The summed E-state index contributed by atoms with van der Waals surface area (Å²) in [7, 11) is -1.38. The highest BCUT2D eigenvalue weighted by atomic mass is 79.9. The molecule has 3 heterocycles. The summed E-state index contributed by atoms with van der Waals surface area (Å²) in [4.78, 5) is 76.6. The number of aliphatic carboxylic acids is 1. The number of benzene rings is 3. The van der Waals surface area contributed by atoms with Crippen molar-refractivity contribution >= 4 is 129 Å². The van der Waals surface area contributed by atoms with Crippen LogP contribution in [0.25, 0.3) is 11.3 Å². The number of fused-ring (bicyclic) bond motifs is 1. The van der Waals surface area contributed by atoms with Crippen LogP contribution in [0.4, 0.5) is 40.8 Å². The lowest BCUT2D eigenvalue weighted by atomic mass is 10.0. The number of hydrogen-bond acceptors (Lipinski definition) is 15. The van der Waals surface area contributed by atoms with Gasteiger partial charge in [-0.3, -0.25) is 28.9 Å². The summed E-state index contributed by atoms with van der Waals surface area (Å²) in [6.45, 7) is 18.4. The number of halogens is 10. The first-order valence-electron chi connectivity index (χ1n) is 25.3. The van der Waals surface area contributed by atoms with Gasteiger partial charge in [-0.05, 0) is 125 Å². The summed E-state index contributed by atoms with van der Waals surface area (Å²) in [6.07, 6.45) is -4.86. The number of nitrogens with zero attached hydrogens (tertiary/aromatic N) is 7. The van der Waals surface area contributed by atoms with E-state index in [1.54, 1.807) is 30.8 Å². The smallest absolute Gasteiger partial charge is 0.434 e. The molecule has 2 unspecified atom stereocenters. The SMILES string of the molecule is CC(C)OC(=O)c1cc(-c2nn(C)c(C(F)(F)F)c2Br)c(F)cc1Cl.CC1COc2ccccc2N1C(=O)C(Cl)Cl.CCNc1nc(Cl)nc(NC(C)C)n1.CCc1cccc(C)c1N(C(=O)CCl)C(C)COC.O=C(O)CNCP(=O)(O)O. The third-order valence-electron chi connectivity index (χ3n) is 10.7. The number of carbonyl (C=O) groups excluding carboxylic acids is 3. The van der Waals surface area contributed by atoms with E-state index >= 15 is 0 Å². The van der Waals surface area contributed by atoms with E-state index in [0.29, 0.717) is 35.5 Å². The highest BCUT2D eigenvalue weighted by Gasteiger charge is 2.39. The Morgan fingerprint density at radius 3 is 2.14 bits per heavy atom. The second-order valence-electron chi connectivity index (χ2n) is 18.4. The molecule has 6 N–H and O–H groups in total. The fraction of sp³-hybridized carbons (Fsp3) is 0.462. The van der Waals surface area contributed by atoms with Gasteiger partial charge in [-0.15, -0.1) is 11.6 Å². The maximum Gasteiger partial charge on any atom is 0.434 e. The van der Waals surface area contributed by atoms with Crippen LogP contribution in [0, 0.1) is 12.7 Å². The van der Waals surface area contributed by atoms with E-state index < -0.39 is 65.5 Å². The number of carboxylic acids is 1. The fourth-order valence-corrected chi connectivity index (χ4v) is 9.33. The number of amides is 2. The molecule has 0 spiro atoms. The highest BCUT2D eigenvalue weighted by Crippen LogP contribution is 2.41. The Labute approximate surface area is 517 Å². The molecule has 0 saturated carbocycles. The van der Waals surface area contributed by atoms with Crippen molar-refractivity contribution in [1.29, 1.82) is 0 Å². The van der Waals surface area contributed by atoms with Gasteiger partial charge in [-0.25, -0.2) is 9.18 Å². The Morgan fingerprint density at radius 2 is 1.62 bits per heavy atom. The molecule has 3 aromatic carbocycles. The molecule has 1 aliphatic heterocycles. The molecule has 1 aliphatic rings. The largest absolute Gasteiger partial charge is 0.489 e. The molecule has 0 radical (unpaired) electrons. The number of para-hydroxylation sites is 3. The van der Waals surface area contributed by atoms with E-state index in [0.717, 1.165) is 54.6 Å². The van der Waals surface area contributed by atoms with Gasteiger partial charge in [0.25, 0.3) is 5.91 Å². The van der Waals surface area contributed by atoms with Crippen molar-refractivity contribution in [3.63, 3.8) is 0 Å². The molecule has 2 atom stereocenters. The minimum Gasteiger partial charge on any atom is -0.489 e. The van der Waals surface area contributed by atoms with E-state index in [1.807, 2.05) is 77.9 Å². The van der Waals surface area contributed by atoms with Gasteiger partial charge in [0.2, 0.25) is 23.1 Å². The van der Waals surface area contributed by atoms with Gasteiger partial charge in [0.15, 0.2) is 10.5 Å². The molecule has 2 amide bonds. The lowest BCUT2D eigenvalue weighted by Crippen LogP contribution is -2.47. The molecular formula is C52H67BrCl5F4N10O11P. The van der Waals surface area contributed by atoms with Gasteiger partial charge in [0.1, 0.15) is 29.7 Å². The fourth-order valence-electron chi connectivity index (χ4n) is 7.42. The van der Waals surface area contributed by atoms with Crippen molar-refractivity contribution in [3.8, 4) is 17.0 Å².